The Morgan fingerprint density at radius 3 is 2.26 bits per heavy atom. The predicted octanol–water partition coefficient (Wildman–Crippen LogP) is 2.68. The molecule has 34 heavy (non-hydrogen) atoms. The van der Waals surface area contributed by atoms with E-state index in [4.69, 9.17) is 9.97 Å². The summed E-state index contributed by atoms with van der Waals surface area (Å²) < 4.78 is 0. The van der Waals surface area contributed by atoms with Gasteiger partial charge in [-0.3, -0.25) is 14.9 Å². The fourth-order valence-electron chi connectivity index (χ4n) is 3.73. The monoisotopic (exact) mass is 474 g/mol. The number of nitrogens with zero attached hydrogens (tertiary/aromatic N) is 7. The summed E-state index contributed by atoms with van der Waals surface area (Å²) in [7, 11) is 1.93. The largest absolute Gasteiger partial charge is 0.337 e. The van der Waals surface area contributed by atoms with E-state index in [0.717, 1.165) is 30.5 Å². The molecule has 3 aromatic rings. The highest BCUT2D eigenvalue weighted by molar-refractivity contribution is 8.18. The lowest BCUT2D eigenvalue weighted by molar-refractivity contribution is -0.115. The van der Waals surface area contributed by atoms with Crippen LogP contribution in [0, 0.1) is 0 Å². The average molecular weight is 475 g/mol. The molecule has 10 nitrogen and oxygen atoms in total. The summed E-state index contributed by atoms with van der Waals surface area (Å²) in [6, 6.07) is 13.5. The SMILES string of the molecule is CN(c1ccccc1)c1cc(C=C2SC(=O)NC2=O)nc(N2CCN(c3ncccn3)CC2)n1. The number of para-hydroxylation sites is 1. The molecule has 0 radical (unpaired) electrons. The number of amides is 2. The maximum absolute atomic E-state index is 12.1. The number of piperazine rings is 1. The van der Waals surface area contributed by atoms with Crippen LogP contribution < -0.4 is 20.0 Å². The number of rotatable bonds is 5. The van der Waals surface area contributed by atoms with Gasteiger partial charge >= 0.3 is 0 Å². The van der Waals surface area contributed by atoms with Gasteiger partial charge in [-0.1, -0.05) is 18.2 Å². The van der Waals surface area contributed by atoms with Crippen molar-refractivity contribution in [3.63, 3.8) is 0 Å². The lowest BCUT2D eigenvalue weighted by atomic mass is 10.2. The topological polar surface area (TPSA) is 107 Å². The number of hydrogen-bond acceptors (Lipinski definition) is 10. The molecule has 11 heteroatoms. The number of thioether (sulfide) groups is 1. The molecule has 2 fully saturated rings. The zero-order valence-electron chi connectivity index (χ0n) is 18.5. The minimum Gasteiger partial charge on any atom is -0.337 e. The fourth-order valence-corrected chi connectivity index (χ4v) is 4.39. The number of imide groups is 1. The zero-order chi connectivity index (χ0) is 23.5. The number of anilines is 4. The molecule has 0 saturated carbocycles. The predicted molar refractivity (Wildman–Crippen MR) is 132 cm³/mol. The molecular formula is C23H22N8O2S. The van der Waals surface area contributed by atoms with E-state index < -0.39 is 5.91 Å². The third-order valence-corrected chi connectivity index (χ3v) is 6.34. The van der Waals surface area contributed by atoms with E-state index in [9.17, 15) is 9.59 Å². The molecule has 2 aromatic heterocycles. The third kappa shape index (κ3) is 4.69. The normalized spacial score (nSPS) is 17.3. The summed E-state index contributed by atoms with van der Waals surface area (Å²) in [6.07, 6.45) is 5.11. The molecule has 2 aliphatic rings. The minimum atomic E-state index is -0.412. The Balaban J connectivity index is 1.45. The van der Waals surface area contributed by atoms with Crippen LogP contribution in [0.15, 0.2) is 59.8 Å². The minimum absolute atomic E-state index is 0.314. The van der Waals surface area contributed by atoms with Crippen LogP contribution in [0.3, 0.4) is 0 Å². The molecule has 5 rings (SSSR count). The van der Waals surface area contributed by atoms with Gasteiger partial charge in [-0.05, 0) is 36.0 Å². The van der Waals surface area contributed by atoms with Gasteiger partial charge < -0.3 is 14.7 Å². The van der Waals surface area contributed by atoms with E-state index in [-0.39, 0.29) is 5.24 Å². The maximum Gasteiger partial charge on any atom is 0.290 e. The van der Waals surface area contributed by atoms with Gasteiger partial charge in [-0.15, -0.1) is 0 Å². The molecule has 2 saturated heterocycles. The number of carbonyl (C=O) groups excluding carboxylic acids is 2. The van der Waals surface area contributed by atoms with Crippen molar-refractivity contribution < 1.29 is 9.59 Å². The van der Waals surface area contributed by atoms with Crippen LogP contribution in [0.2, 0.25) is 0 Å². The van der Waals surface area contributed by atoms with Gasteiger partial charge in [-0.2, -0.15) is 4.98 Å². The first-order valence-corrected chi connectivity index (χ1v) is 11.6. The van der Waals surface area contributed by atoms with Crippen molar-refractivity contribution in [2.75, 3.05) is 47.9 Å². The Morgan fingerprint density at radius 2 is 1.62 bits per heavy atom. The van der Waals surface area contributed by atoms with Gasteiger partial charge in [0.25, 0.3) is 11.1 Å². The van der Waals surface area contributed by atoms with Crippen LogP contribution in [0.25, 0.3) is 6.08 Å². The maximum atomic E-state index is 12.1. The Hall–Kier alpha value is -3.99. The van der Waals surface area contributed by atoms with Crippen molar-refractivity contribution in [2.24, 2.45) is 0 Å². The summed E-state index contributed by atoms with van der Waals surface area (Å²) in [5.41, 5.74) is 1.53. The van der Waals surface area contributed by atoms with E-state index in [2.05, 4.69) is 25.1 Å². The van der Waals surface area contributed by atoms with Crippen LogP contribution in [0.4, 0.5) is 28.2 Å². The second-order valence-corrected chi connectivity index (χ2v) is 8.74. The molecule has 0 aliphatic carbocycles. The van der Waals surface area contributed by atoms with Gasteiger partial charge in [0.2, 0.25) is 11.9 Å². The second kappa shape index (κ2) is 9.48. The van der Waals surface area contributed by atoms with Crippen molar-refractivity contribution in [3.05, 3.63) is 65.5 Å². The first-order valence-electron chi connectivity index (χ1n) is 10.8. The molecule has 1 N–H and O–H groups in total. The number of hydrogen-bond donors (Lipinski definition) is 1. The highest BCUT2D eigenvalue weighted by Crippen LogP contribution is 2.29. The fraction of sp³-hybridized carbons (Fsp3) is 0.217. The van der Waals surface area contributed by atoms with Crippen LogP contribution in [0.5, 0.6) is 0 Å². The molecule has 2 amide bonds. The van der Waals surface area contributed by atoms with E-state index in [1.54, 1.807) is 24.5 Å². The Kier molecular flexibility index (Phi) is 6.09. The summed E-state index contributed by atoms with van der Waals surface area (Å²) in [5, 5.41) is 1.90. The first kappa shape index (κ1) is 21.8. The Bertz CT molecular complexity index is 1230. The van der Waals surface area contributed by atoms with E-state index in [0.29, 0.717) is 41.4 Å². The second-order valence-electron chi connectivity index (χ2n) is 7.72. The molecule has 0 spiro atoms. The number of carbonyl (C=O) groups is 2. The van der Waals surface area contributed by atoms with Crippen molar-refractivity contribution in [3.8, 4) is 0 Å². The van der Waals surface area contributed by atoms with Gasteiger partial charge in [0.15, 0.2) is 0 Å². The van der Waals surface area contributed by atoms with Crippen molar-refractivity contribution in [2.45, 2.75) is 0 Å². The lowest BCUT2D eigenvalue weighted by Crippen LogP contribution is -2.47. The first-order chi connectivity index (χ1) is 16.6. The molecule has 2 aliphatic heterocycles. The van der Waals surface area contributed by atoms with Gasteiger partial charge in [0, 0.05) is 57.4 Å². The van der Waals surface area contributed by atoms with Crippen molar-refractivity contribution in [1.82, 2.24) is 25.3 Å². The van der Waals surface area contributed by atoms with Gasteiger partial charge in [0.1, 0.15) is 5.82 Å². The van der Waals surface area contributed by atoms with E-state index >= 15 is 0 Å². The van der Waals surface area contributed by atoms with E-state index in [1.807, 2.05) is 48.3 Å². The standard InChI is InChI=1S/C23H22N8O2S/c1-29(17-6-3-2-4-7-17)19-15-16(14-18-20(32)28-23(33)34-18)26-22(27-19)31-12-10-30(11-13-31)21-24-8-5-9-25-21/h2-9,14-15H,10-13H2,1H3,(H,28,32,33). The summed E-state index contributed by atoms with van der Waals surface area (Å²) in [6.45, 7) is 2.85. The molecule has 172 valence electrons. The van der Waals surface area contributed by atoms with Gasteiger partial charge in [-0.25, -0.2) is 15.0 Å². The summed E-state index contributed by atoms with van der Waals surface area (Å²) in [5.74, 6) is 1.55. The summed E-state index contributed by atoms with van der Waals surface area (Å²) in [4.78, 5) is 48.4. The van der Waals surface area contributed by atoms with E-state index in [1.165, 1.54) is 0 Å². The zero-order valence-corrected chi connectivity index (χ0v) is 19.3. The molecule has 0 bridgehead atoms. The molecule has 0 atom stereocenters. The quantitative estimate of drug-likeness (QED) is 0.555. The number of benzene rings is 1. The van der Waals surface area contributed by atoms with Crippen molar-refractivity contribution >= 4 is 52.4 Å². The molecule has 4 heterocycles. The average Bonchev–Trinajstić information content (AvgIpc) is 3.20. The lowest BCUT2D eigenvalue weighted by Gasteiger charge is -2.35. The Labute approximate surface area is 200 Å². The molecular weight excluding hydrogens is 452 g/mol. The number of aromatic nitrogens is 4. The van der Waals surface area contributed by atoms with Crippen LogP contribution in [-0.4, -0.2) is 64.3 Å². The molecule has 1 aromatic carbocycles. The van der Waals surface area contributed by atoms with Crippen molar-refractivity contribution in [1.29, 1.82) is 0 Å². The van der Waals surface area contributed by atoms with Crippen LogP contribution in [0.1, 0.15) is 5.69 Å². The van der Waals surface area contributed by atoms with Gasteiger partial charge in [0.05, 0.1) is 10.6 Å². The Morgan fingerprint density at radius 1 is 0.941 bits per heavy atom. The summed E-state index contributed by atoms with van der Waals surface area (Å²) >= 11 is 0.872. The highest BCUT2D eigenvalue weighted by atomic mass is 32.2. The van der Waals surface area contributed by atoms with Crippen LogP contribution in [-0.2, 0) is 4.79 Å². The third-order valence-electron chi connectivity index (χ3n) is 5.53. The number of nitrogens with one attached hydrogen (secondary N) is 1. The highest BCUT2D eigenvalue weighted by Gasteiger charge is 2.26. The van der Waals surface area contributed by atoms with Crippen LogP contribution >= 0.6 is 11.8 Å². The molecule has 0 unspecified atom stereocenters. The smallest absolute Gasteiger partial charge is 0.290 e.